The van der Waals surface area contributed by atoms with Gasteiger partial charge >= 0.3 is 0 Å². The van der Waals surface area contributed by atoms with Crippen molar-refractivity contribution in [1.29, 1.82) is 0 Å². The Balaban J connectivity index is 1.55. The second kappa shape index (κ2) is 24.1. The van der Waals surface area contributed by atoms with Crippen LogP contribution in [-0.2, 0) is 0 Å². The van der Waals surface area contributed by atoms with Gasteiger partial charge in [0.05, 0.1) is 26.4 Å². The summed E-state index contributed by atoms with van der Waals surface area (Å²) in [5, 5.41) is 0. The molecule has 0 aliphatic carbocycles. The lowest BCUT2D eigenvalue weighted by molar-refractivity contribution is 0.309. The Morgan fingerprint density at radius 1 is 0.310 bits per heavy atom. The van der Waals surface area contributed by atoms with Gasteiger partial charge in [-0.2, -0.15) is 0 Å². The zero-order valence-electron chi connectivity index (χ0n) is 34.3. The SMILES string of the molecule is CCCCOc1ccc(C#Cc2nc(C#Cc3ccc(OCCCC)cc3)c(C#Cc3ccc(OCCCC)cc3)nc2C#Cc2ccc(OCCCC)cc2)cc1. The summed E-state index contributed by atoms with van der Waals surface area (Å²) in [5.41, 5.74) is 4.84. The second-order valence-electron chi connectivity index (χ2n) is 13.5. The Labute approximate surface area is 345 Å². The van der Waals surface area contributed by atoms with Gasteiger partial charge in [0.2, 0.25) is 0 Å². The summed E-state index contributed by atoms with van der Waals surface area (Å²) in [5.74, 6) is 29.2. The van der Waals surface area contributed by atoms with Crippen molar-refractivity contribution in [2.75, 3.05) is 26.4 Å². The highest BCUT2D eigenvalue weighted by Crippen LogP contribution is 2.17. The van der Waals surface area contributed by atoms with Crippen LogP contribution in [0.2, 0.25) is 0 Å². The molecule has 0 unspecified atom stereocenters. The smallest absolute Gasteiger partial charge is 0.149 e. The highest BCUT2D eigenvalue weighted by Gasteiger charge is 2.10. The average Bonchev–Trinajstić information content (AvgIpc) is 3.26. The minimum Gasteiger partial charge on any atom is -0.494 e. The maximum Gasteiger partial charge on any atom is 0.149 e. The van der Waals surface area contributed by atoms with Gasteiger partial charge in [-0.25, -0.2) is 9.97 Å². The molecule has 4 aromatic carbocycles. The van der Waals surface area contributed by atoms with Gasteiger partial charge in [0.15, 0.2) is 0 Å². The van der Waals surface area contributed by atoms with Crippen LogP contribution >= 0.6 is 0 Å². The molecule has 5 aromatic rings. The topological polar surface area (TPSA) is 62.7 Å². The summed E-state index contributed by atoms with van der Waals surface area (Å²) in [4.78, 5) is 9.94. The quantitative estimate of drug-likeness (QED) is 0.0736. The van der Waals surface area contributed by atoms with Crippen molar-refractivity contribution in [3.05, 3.63) is 142 Å². The molecule has 1 heterocycles. The van der Waals surface area contributed by atoms with Crippen LogP contribution in [0.1, 0.15) is 124 Å². The highest BCUT2D eigenvalue weighted by molar-refractivity contribution is 5.56. The van der Waals surface area contributed by atoms with Crippen molar-refractivity contribution in [3.63, 3.8) is 0 Å². The molecule has 1 aromatic heterocycles. The Hall–Kier alpha value is -6.60. The molecule has 0 saturated heterocycles. The molecule has 6 nitrogen and oxygen atoms in total. The Bertz CT molecular complexity index is 1960. The third-order valence-electron chi connectivity index (χ3n) is 8.68. The monoisotopic (exact) mass is 768 g/mol. The Morgan fingerprint density at radius 2 is 0.517 bits per heavy atom. The minimum atomic E-state index is 0.401. The van der Waals surface area contributed by atoms with E-state index in [2.05, 4.69) is 75.1 Å². The van der Waals surface area contributed by atoms with E-state index in [1.807, 2.05) is 97.1 Å². The lowest BCUT2D eigenvalue weighted by Crippen LogP contribution is -2.03. The van der Waals surface area contributed by atoms with Gasteiger partial charge in [-0.3, -0.25) is 0 Å². The minimum absolute atomic E-state index is 0.401. The fourth-order valence-electron chi connectivity index (χ4n) is 5.18. The highest BCUT2D eigenvalue weighted by atomic mass is 16.5. The molecule has 0 radical (unpaired) electrons. The first-order chi connectivity index (χ1) is 28.6. The van der Waals surface area contributed by atoms with Crippen molar-refractivity contribution >= 4 is 0 Å². The van der Waals surface area contributed by atoms with Gasteiger partial charge < -0.3 is 18.9 Å². The van der Waals surface area contributed by atoms with Gasteiger partial charge in [0.1, 0.15) is 45.8 Å². The van der Waals surface area contributed by atoms with Crippen molar-refractivity contribution in [2.45, 2.75) is 79.1 Å². The van der Waals surface area contributed by atoms with E-state index < -0.39 is 0 Å². The third kappa shape index (κ3) is 14.5. The van der Waals surface area contributed by atoms with Gasteiger partial charge in [0, 0.05) is 22.3 Å². The molecule has 5 rings (SSSR count). The van der Waals surface area contributed by atoms with Crippen molar-refractivity contribution in [3.8, 4) is 70.4 Å². The largest absolute Gasteiger partial charge is 0.494 e. The Kier molecular flexibility index (Phi) is 17.7. The lowest BCUT2D eigenvalue weighted by Gasteiger charge is -2.05. The molecule has 0 bridgehead atoms. The number of ether oxygens (including phenoxy) is 4. The molecule has 0 fully saturated rings. The zero-order valence-corrected chi connectivity index (χ0v) is 34.3. The molecule has 6 heteroatoms. The van der Waals surface area contributed by atoms with E-state index in [9.17, 15) is 0 Å². The summed E-state index contributed by atoms with van der Waals surface area (Å²) in [6.45, 7) is 11.3. The van der Waals surface area contributed by atoms with Crippen LogP contribution in [0.3, 0.4) is 0 Å². The van der Waals surface area contributed by atoms with Crippen LogP contribution in [0, 0.1) is 47.4 Å². The van der Waals surface area contributed by atoms with Crippen molar-refractivity contribution < 1.29 is 18.9 Å². The molecule has 0 spiro atoms. The maximum atomic E-state index is 5.85. The van der Waals surface area contributed by atoms with Crippen LogP contribution in [0.25, 0.3) is 0 Å². The number of hydrogen-bond donors (Lipinski definition) is 0. The number of hydrogen-bond acceptors (Lipinski definition) is 6. The van der Waals surface area contributed by atoms with Gasteiger partial charge in [0.25, 0.3) is 0 Å². The summed E-state index contributed by atoms with van der Waals surface area (Å²) in [6.07, 6.45) is 8.33. The number of nitrogens with zero attached hydrogens (tertiary/aromatic N) is 2. The van der Waals surface area contributed by atoms with E-state index in [-0.39, 0.29) is 0 Å². The molecule has 0 aliphatic heterocycles. The summed E-state index contributed by atoms with van der Waals surface area (Å²) >= 11 is 0. The standard InChI is InChI=1S/C52H52N2O4/c1-5-9-37-55-45-25-13-41(14-26-45)21-33-49-50(34-22-42-15-27-46(28-16-42)56-38-10-6-2)54-52(36-24-44-19-31-48(32-20-44)58-40-12-8-4)51(53-49)35-23-43-17-29-47(30-18-43)57-39-11-7-3/h13-20,25-32H,5-12,37-40H2,1-4H3. The molecule has 0 N–H and O–H groups in total. The average molecular weight is 769 g/mol. The summed E-state index contributed by atoms with van der Waals surface area (Å²) in [6, 6.07) is 31.0. The van der Waals surface area contributed by atoms with Gasteiger partial charge in [-0.05, 0) is 146 Å². The van der Waals surface area contributed by atoms with Crippen molar-refractivity contribution in [2.24, 2.45) is 0 Å². The van der Waals surface area contributed by atoms with Crippen LogP contribution in [-0.4, -0.2) is 36.4 Å². The summed E-state index contributed by atoms with van der Waals surface area (Å²) < 4.78 is 23.4. The molecule has 0 amide bonds. The predicted molar refractivity (Wildman–Crippen MR) is 233 cm³/mol. The van der Waals surface area contributed by atoms with Crippen LogP contribution in [0.4, 0.5) is 0 Å². The van der Waals surface area contributed by atoms with E-state index in [1.165, 1.54) is 0 Å². The van der Waals surface area contributed by atoms with E-state index in [0.717, 1.165) is 96.6 Å². The van der Waals surface area contributed by atoms with Crippen LogP contribution in [0.5, 0.6) is 23.0 Å². The zero-order chi connectivity index (χ0) is 40.6. The Morgan fingerprint density at radius 3 is 0.707 bits per heavy atom. The first-order valence-corrected chi connectivity index (χ1v) is 20.5. The van der Waals surface area contributed by atoms with E-state index in [4.69, 9.17) is 28.9 Å². The molecule has 0 atom stereocenters. The van der Waals surface area contributed by atoms with Gasteiger partial charge in [-0.15, -0.1) is 0 Å². The van der Waals surface area contributed by atoms with E-state index in [0.29, 0.717) is 49.2 Å². The van der Waals surface area contributed by atoms with Gasteiger partial charge in [-0.1, -0.05) is 77.1 Å². The number of rotatable bonds is 16. The first-order valence-electron chi connectivity index (χ1n) is 20.5. The lowest BCUT2D eigenvalue weighted by atomic mass is 10.1. The molecular formula is C52H52N2O4. The summed E-state index contributed by atoms with van der Waals surface area (Å²) in [7, 11) is 0. The maximum absolute atomic E-state index is 5.85. The first kappa shape index (κ1) is 42.5. The normalized spacial score (nSPS) is 10.0. The molecule has 294 valence electrons. The number of unbranched alkanes of at least 4 members (excludes halogenated alkanes) is 4. The van der Waals surface area contributed by atoms with Crippen LogP contribution < -0.4 is 18.9 Å². The van der Waals surface area contributed by atoms with E-state index in [1.54, 1.807) is 0 Å². The molecule has 0 saturated carbocycles. The third-order valence-corrected chi connectivity index (χ3v) is 8.68. The fraction of sp³-hybridized carbons (Fsp3) is 0.308. The number of aromatic nitrogens is 2. The molecule has 0 aliphatic rings. The van der Waals surface area contributed by atoms with Crippen molar-refractivity contribution in [1.82, 2.24) is 9.97 Å². The van der Waals surface area contributed by atoms with Crippen LogP contribution in [0.15, 0.2) is 97.1 Å². The fourth-order valence-corrected chi connectivity index (χ4v) is 5.18. The predicted octanol–water partition coefficient (Wildman–Crippen LogP) is 10.8. The second-order valence-corrected chi connectivity index (χ2v) is 13.5. The number of benzene rings is 4. The molecular weight excluding hydrogens is 717 g/mol. The van der Waals surface area contributed by atoms with E-state index >= 15 is 0 Å². The molecule has 58 heavy (non-hydrogen) atoms.